The van der Waals surface area contributed by atoms with Crippen molar-refractivity contribution < 1.29 is 9.53 Å². The van der Waals surface area contributed by atoms with Gasteiger partial charge < -0.3 is 9.30 Å². The number of benzene rings is 2. The zero-order chi connectivity index (χ0) is 21.6. The van der Waals surface area contributed by atoms with E-state index in [4.69, 9.17) is 9.73 Å². The molecule has 0 saturated carbocycles. The van der Waals surface area contributed by atoms with Gasteiger partial charge in [0.1, 0.15) is 0 Å². The van der Waals surface area contributed by atoms with Gasteiger partial charge in [0, 0.05) is 28.7 Å². The fourth-order valence-corrected chi connectivity index (χ4v) is 4.46. The Balaban J connectivity index is 1.65. The molecule has 0 radical (unpaired) electrons. The molecule has 0 atom stereocenters. The smallest absolute Gasteiger partial charge is 0.266 e. The molecule has 0 unspecified atom stereocenters. The zero-order valence-corrected chi connectivity index (χ0v) is 19.5. The van der Waals surface area contributed by atoms with Gasteiger partial charge in [-0.05, 0) is 73.3 Å². The summed E-state index contributed by atoms with van der Waals surface area (Å²) in [6, 6.07) is 21.7. The summed E-state index contributed by atoms with van der Waals surface area (Å²) in [7, 11) is 0. The van der Waals surface area contributed by atoms with E-state index in [0.717, 1.165) is 21.5 Å². The van der Waals surface area contributed by atoms with Crippen molar-refractivity contribution in [1.29, 1.82) is 0 Å². The Morgan fingerprint density at radius 2 is 1.84 bits per heavy atom. The number of aliphatic imine (C=N–C) groups is 1. The van der Waals surface area contributed by atoms with Gasteiger partial charge in [0.2, 0.25) is 0 Å². The van der Waals surface area contributed by atoms with Crippen LogP contribution in [0.1, 0.15) is 12.6 Å². The summed E-state index contributed by atoms with van der Waals surface area (Å²) in [6.45, 7) is 3.50. The van der Waals surface area contributed by atoms with Crippen molar-refractivity contribution in [3.05, 3.63) is 88.0 Å². The maximum Gasteiger partial charge on any atom is 0.266 e. The first-order valence-electron chi connectivity index (χ1n) is 10.0. The van der Waals surface area contributed by atoms with E-state index in [0.29, 0.717) is 29.8 Å². The van der Waals surface area contributed by atoms with Crippen molar-refractivity contribution >= 4 is 50.5 Å². The summed E-state index contributed by atoms with van der Waals surface area (Å²) in [5.41, 5.74) is 2.78. The molecule has 1 fully saturated rings. The van der Waals surface area contributed by atoms with Gasteiger partial charge >= 0.3 is 0 Å². The third kappa shape index (κ3) is 5.18. The Morgan fingerprint density at radius 3 is 2.58 bits per heavy atom. The van der Waals surface area contributed by atoms with E-state index in [1.165, 1.54) is 11.8 Å². The molecule has 2 aromatic carbocycles. The number of ether oxygens (including phenoxy) is 1. The standard InChI is InChI=1S/C24H22BrN3O2S/c1-2-30-16-15-28-23(29)22(31-24(28)26-19-7-4-3-5-8-19)17-21-9-6-14-27(21)20-12-10-18(25)11-13-20/h3-14,17H,2,15-16H2,1H3/b22-17-,26-24?. The molecule has 1 saturated heterocycles. The first kappa shape index (κ1) is 21.6. The van der Waals surface area contributed by atoms with Crippen molar-refractivity contribution in [3.8, 4) is 5.69 Å². The second kappa shape index (κ2) is 10.1. The van der Waals surface area contributed by atoms with Crippen LogP contribution in [0.15, 0.2) is 87.3 Å². The largest absolute Gasteiger partial charge is 0.380 e. The van der Waals surface area contributed by atoms with Crippen molar-refractivity contribution in [1.82, 2.24) is 9.47 Å². The summed E-state index contributed by atoms with van der Waals surface area (Å²) >= 11 is 4.87. The second-order valence-corrected chi connectivity index (χ2v) is 8.70. The lowest BCUT2D eigenvalue weighted by atomic mass is 10.3. The normalized spacial score (nSPS) is 16.6. The average Bonchev–Trinajstić information content (AvgIpc) is 3.35. The highest BCUT2D eigenvalue weighted by Gasteiger charge is 2.33. The van der Waals surface area contributed by atoms with Crippen molar-refractivity contribution in [2.75, 3.05) is 19.8 Å². The summed E-state index contributed by atoms with van der Waals surface area (Å²) in [5.74, 6) is -0.0528. The molecule has 1 aromatic heterocycles. The van der Waals surface area contributed by atoms with Gasteiger partial charge in [-0.2, -0.15) is 0 Å². The van der Waals surface area contributed by atoms with E-state index < -0.39 is 0 Å². The number of amides is 1. The number of rotatable bonds is 7. The second-order valence-electron chi connectivity index (χ2n) is 6.77. The number of para-hydroxylation sites is 1. The number of hydrogen-bond donors (Lipinski definition) is 0. The van der Waals surface area contributed by atoms with Gasteiger partial charge in [-0.15, -0.1) is 0 Å². The SMILES string of the molecule is CCOCCN1C(=O)/C(=C/c2cccn2-c2ccc(Br)cc2)SC1=Nc1ccccc1. The van der Waals surface area contributed by atoms with E-state index in [2.05, 4.69) is 20.5 Å². The Hall–Kier alpha value is -2.61. The number of carbonyl (C=O) groups excluding carboxylic acids is 1. The molecule has 1 aliphatic rings. The van der Waals surface area contributed by atoms with Crippen LogP contribution in [-0.2, 0) is 9.53 Å². The molecular formula is C24H22BrN3O2S. The summed E-state index contributed by atoms with van der Waals surface area (Å²) in [6.07, 6.45) is 3.92. The fraction of sp³-hybridized carbons (Fsp3) is 0.167. The molecule has 1 amide bonds. The predicted molar refractivity (Wildman–Crippen MR) is 131 cm³/mol. The number of carbonyl (C=O) groups is 1. The molecular weight excluding hydrogens is 474 g/mol. The molecule has 0 spiro atoms. The minimum absolute atomic E-state index is 0.0528. The van der Waals surface area contributed by atoms with Gasteiger partial charge in [-0.1, -0.05) is 34.1 Å². The number of aromatic nitrogens is 1. The monoisotopic (exact) mass is 495 g/mol. The topological polar surface area (TPSA) is 46.8 Å². The van der Waals surface area contributed by atoms with E-state index in [9.17, 15) is 4.79 Å². The van der Waals surface area contributed by atoms with Crippen LogP contribution in [0.2, 0.25) is 0 Å². The van der Waals surface area contributed by atoms with Crippen LogP contribution in [0.5, 0.6) is 0 Å². The first-order chi connectivity index (χ1) is 15.2. The molecule has 1 aliphatic heterocycles. The number of amidine groups is 1. The highest BCUT2D eigenvalue weighted by Crippen LogP contribution is 2.34. The summed E-state index contributed by atoms with van der Waals surface area (Å²) in [4.78, 5) is 20.3. The highest BCUT2D eigenvalue weighted by atomic mass is 79.9. The average molecular weight is 496 g/mol. The zero-order valence-electron chi connectivity index (χ0n) is 17.1. The Labute approximate surface area is 194 Å². The van der Waals surface area contributed by atoms with Crippen LogP contribution in [0.4, 0.5) is 5.69 Å². The van der Waals surface area contributed by atoms with Gasteiger partial charge in [-0.25, -0.2) is 4.99 Å². The van der Waals surface area contributed by atoms with E-state index in [1.807, 2.05) is 85.9 Å². The summed E-state index contributed by atoms with van der Waals surface area (Å²) in [5, 5.41) is 0.670. The fourth-order valence-electron chi connectivity index (χ4n) is 3.18. The third-order valence-corrected chi connectivity index (χ3v) is 6.23. The number of thioether (sulfide) groups is 1. The highest BCUT2D eigenvalue weighted by molar-refractivity contribution is 9.10. The maximum atomic E-state index is 13.2. The molecule has 3 aromatic rings. The van der Waals surface area contributed by atoms with Crippen LogP contribution in [0.25, 0.3) is 11.8 Å². The summed E-state index contributed by atoms with van der Waals surface area (Å²) < 4.78 is 8.57. The molecule has 0 N–H and O–H groups in total. The minimum atomic E-state index is -0.0528. The van der Waals surface area contributed by atoms with Crippen LogP contribution in [0.3, 0.4) is 0 Å². The molecule has 4 rings (SSSR count). The van der Waals surface area contributed by atoms with Crippen LogP contribution in [0, 0.1) is 0 Å². The van der Waals surface area contributed by atoms with Crippen molar-refractivity contribution in [2.24, 2.45) is 4.99 Å². The van der Waals surface area contributed by atoms with Crippen molar-refractivity contribution in [3.63, 3.8) is 0 Å². The Morgan fingerprint density at radius 1 is 1.06 bits per heavy atom. The lowest BCUT2D eigenvalue weighted by Gasteiger charge is -2.15. The number of halogens is 1. The molecule has 5 nitrogen and oxygen atoms in total. The van der Waals surface area contributed by atoms with Gasteiger partial charge in [0.25, 0.3) is 5.91 Å². The van der Waals surface area contributed by atoms with Crippen molar-refractivity contribution in [2.45, 2.75) is 6.92 Å². The van der Waals surface area contributed by atoms with Gasteiger partial charge in [0.15, 0.2) is 5.17 Å². The first-order valence-corrected chi connectivity index (χ1v) is 11.6. The maximum absolute atomic E-state index is 13.2. The molecule has 7 heteroatoms. The van der Waals surface area contributed by atoms with E-state index in [1.54, 1.807) is 4.90 Å². The molecule has 158 valence electrons. The third-order valence-electron chi connectivity index (χ3n) is 4.70. The molecule has 2 heterocycles. The Bertz CT molecular complexity index is 1110. The lowest BCUT2D eigenvalue weighted by molar-refractivity contribution is -0.122. The lowest BCUT2D eigenvalue weighted by Crippen LogP contribution is -2.32. The number of hydrogen-bond acceptors (Lipinski definition) is 4. The number of nitrogens with zero attached hydrogens (tertiary/aromatic N) is 3. The minimum Gasteiger partial charge on any atom is -0.380 e. The van der Waals surface area contributed by atoms with Gasteiger partial charge in [0.05, 0.1) is 23.7 Å². The van der Waals surface area contributed by atoms with E-state index >= 15 is 0 Å². The Kier molecular flexibility index (Phi) is 7.06. The molecule has 0 bridgehead atoms. The van der Waals surface area contributed by atoms with E-state index in [-0.39, 0.29) is 5.91 Å². The molecule has 31 heavy (non-hydrogen) atoms. The van der Waals surface area contributed by atoms with Crippen LogP contribution < -0.4 is 0 Å². The molecule has 0 aliphatic carbocycles. The predicted octanol–water partition coefficient (Wildman–Crippen LogP) is 5.88. The van der Waals surface area contributed by atoms with Crippen LogP contribution in [-0.4, -0.2) is 40.3 Å². The van der Waals surface area contributed by atoms with Gasteiger partial charge in [-0.3, -0.25) is 9.69 Å². The quantitative estimate of drug-likeness (QED) is 0.303. The van der Waals surface area contributed by atoms with Crippen LogP contribution >= 0.6 is 27.7 Å².